The summed E-state index contributed by atoms with van der Waals surface area (Å²) in [5, 5.41) is 43.3. The van der Waals surface area contributed by atoms with Gasteiger partial charge in [-0.2, -0.15) is 18.6 Å². The van der Waals surface area contributed by atoms with Gasteiger partial charge in [-0.1, -0.05) is 48.0 Å². The summed E-state index contributed by atoms with van der Waals surface area (Å²) >= 11 is 5.90. The van der Waals surface area contributed by atoms with Crippen LogP contribution in [0.4, 0.5) is 8.78 Å². The second-order valence-electron chi connectivity index (χ2n) is 6.99. The van der Waals surface area contributed by atoms with Gasteiger partial charge in [-0.15, -0.1) is 0 Å². The van der Waals surface area contributed by atoms with Gasteiger partial charge in [0.25, 0.3) is 5.56 Å². The molecule has 4 N–H and O–H groups in total. The first-order chi connectivity index (χ1) is 15.0. The molecule has 7 nitrogen and oxygen atoms in total. The molecule has 4 aromatic rings. The lowest BCUT2D eigenvalue weighted by atomic mass is 9.94. The fraction of sp³-hybridized carbons (Fsp3) is 0.0909. The number of aromatic nitrogens is 2. The Balaban J connectivity index is 2.14. The molecule has 4 rings (SSSR count). The van der Waals surface area contributed by atoms with Gasteiger partial charge in [0.15, 0.2) is 0 Å². The van der Waals surface area contributed by atoms with E-state index in [2.05, 4.69) is 5.10 Å². The minimum absolute atomic E-state index is 0.138. The zero-order chi connectivity index (χ0) is 23.3. The fourth-order valence-corrected chi connectivity index (χ4v) is 3.63. The SMILES string of the molecule is O=c1c2ccccc2c(-c2cccc(C(O)(O)F)c2C(O)(O)F)nn1-c1ccc(Cl)cc1. The van der Waals surface area contributed by atoms with Crippen LogP contribution in [-0.2, 0) is 12.1 Å². The van der Waals surface area contributed by atoms with Gasteiger partial charge in [-0.3, -0.25) is 4.79 Å². The van der Waals surface area contributed by atoms with Crippen LogP contribution in [0.1, 0.15) is 11.1 Å². The van der Waals surface area contributed by atoms with Gasteiger partial charge in [0.1, 0.15) is 0 Å². The molecule has 10 heteroatoms. The monoisotopic (exact) mass is 460 g/mol. The van der Waals surface area contributed by atoms with Gasteiger partial charge in [-0.25, -0.2) is 0 Å². The minimum atomic E-state index is -4.17. The summed E-state index contributed by atoms with van der Waals surface area (Å²) in [7, 11) is 0. The van der Waals surface area contributed by atoms with E-state index in [1.165, 1.54) is 42.5 Å². The van der Waals surface area contributed by atoms with Gasteiger partial charge in [0, 0.05) is 16.0 Å². The predicted molar refractivity (Wildman–Crippen MR) is 112 cm³/mol. The van der Waals surface area contributed by atoms with Crippen LogP contribution in [0.5, 0.6) is 0 Å². The van der Waals surface area contributed by atoms with Gasteiger partial charge in [0.2, 0.25) is 0 Å². The zero-order valence-corrected chi connectivity index (χ0v) is 16.8. The van der Waals surface area contributed by atoms with Crippen molar-refractivity contribution in [1.82, 2.24) is 9.78 Å². The largest absolute Gasteiger partial charge is 0.345 e. The van der Waals surface area contributed by atoms with Crippen LogP contribution >= 0.6 is 11.6 Å². The standard InChI is InChI=1S/C22H15ClF2N2O5/c23-12-8-10-13(11-9-12)27-20(28)15-5-2-1-4-14(15)19(26-27)16-6-3-7-17(21(24,29)30)18(16)22(25,31)32/h1-11,29-32H. The van der Waals surface area contributed by atoms with Crippen molar-refractivity contribution in [3.8, 4) is 16.9 Å². The number of halogens is 3. The maximum absolute atomic E-state index is 14.4. The topological polar surface area (TPSA) is 116 Å². The van der Waals surface area contributed by atoms with Gasteiger partial charge in [-0.05, 0) is 30.3 Å². The highest BCUT2D eigenvalue weighted by molar-refractivity contribution is 6.30. The molecule has 1 aromatic heterocycles. The normalized spacial score (nSPS) is 12.3. The lowest BCUT2D eigenvalue weighted by Crippen LogP contribution is -2.29. The molecular weight excluding hydrogens is 446 g/mol. The van der Waals surface area contributed by atoms with Crippen molar-refractivity contribution in [2.24, 2.45) is 0 Å². The molecular formula is C22H15ClF2N2O5. The first-order valence-electron chi connectivity index (χ1n) is 9.18. The summed E-state index contributed by atoms with van der Waals surface area (Å²) < 4.78 is 29.4. The maximum Gasteiger partial charge on any atom is 0.345 e. The molecule has 32 heavy (non-hydrogen) atoms. The zero-order valence-electron chi connectivity index (χ0n) is 16.1. The van der Waals surface area contributed by atoms with Crippen LogP contribution in [-0.4, -0.2) is 30.2 Å². The van der Waals surface area contributed by atoms with Crippen LogP contribution in [0, 0.1) is 0 Å². The number of aliphatic hydroxyl groups is 4. The second kappa shape index (κ2) is 7.73. The van der Waals surface area contributed by atoms with Crippen LogP contribution in [0.2, 0.25) is 5.02 Å². The van der Waals surface area contributed by atoms with Crippen molar-refractivity contribution < 1.29 is 29.2 Å². The molecule has 0 bridgehead atoms. The van der Waals surface area contributed by atoms with Crippen LogP contribution < -0.4 is 5.56 Å². The number of alkyl halides is 2. The third-order valence-corrected chi connectivity index (χ3v) is 5.11. The number of rotatable bonds is 4. The lowest BCUT2D eigenvalue weighted by Gasteiger charge is -2.24. The maximum atomic E-state index is 14.4. The number of nitrogens with zero attached hydrogens (tertiary/aromatic N) is 2. The first-order valence-corrected chi connectivity index (χ1v) is 9.56. The number of fused-ring (bicyclic) bond motifs is 1. The van der Waals surface area contributed by atoms with E-state index >= 15 is 0 Å². The van der Waals surface area contributed by atoms with E-state index in [0.29, 0.717) is 10.7 Å². The average molecular weight is 461 g/mol. The van der Waals surface area contributed by atoms with E-state index in [1.54, 1.807) is 12.1 Å². The summed E-state index contributed by atoms with van der Waals surface area (Å²) in [6, 6.07) is 7.04. The number of hydrogen-bond acceptors (Lipinski definition) is 6. The minimum Gasteiger partial charge on any atom is -0.336 e. The van der Waals surface area contributed by atoms with Crippen LogP contribution in [0.3, 0.4) is 0 Å². The van der Waals surface area contributed by atoms with Crippen molar-refractivity contribution in [2.75, 3.05) is 0 Å². The molecule has 0 radical (unpaired) electrons. The molecule has 0 aliphatic heterocycles. The molecule has 0 atom stereocenters. The predicted octanol–water partition coefficient (Wildman–Crippen LogP) is 2.83. The smallest absolute Gasteiger partial charge is 0.336 e. The van der Waals surface area contributed by atoms with Gasteiger partial charge < -0.3 is 20.4 Å². The second-order valence-corrected chi connectivity index (χ2v) is 7.43. The third-order valence-electron chi connectivity index (χ3n) is 4.86. The van der Waals surface area contributed by atoms with E-state index in [9.17, 15) is 34.0 Å². The molecule has 0 saturated carbocycles. The van der Waals surface area contributed by atoms with E-state index in [0.717, 1.165) is 16.8 Å². The molecule has 0 spiro atoms. The van der Waals surface area contributed by atoms with Crippen molar-refractivity contribution in [3.63, 3.8) is 0 Å². The Morgan fingerprint density at radius 2 is 1.44 bits per heavy atom. The summed E-state index contributed by atoms with van der Waals surface area (Å²) in [5.41, 5.74) is -3.06. The highest BCUT2D eigenvalue weighted by Crippen LogP contribution is 2.39. The van der Waals surface area contributed by atoms with Gasteiger partial charge >= 0.3 is 12.1 Å². The summed E-state index contributed by atoms with van der Waals surface area (Å²) in [4.78, 5) is 13.1. The highest BCUT2D eigenvalue weighted by atomic mass is 35.5. The van der Waals surface area contributed by atoms with E-state index in [1.807, 2.05) is 0 Å². The highest BCUT2D eigenvalue weighted by Gasteiger charge is 2.40. The van der Waals surface area contributed by atoms with Crippen LogP contribution in [0.25, 0.3) is 27.7 Å². The molecule has 3 aromatic carbocycles. The third kappa shape index (κ3) is 3.88. The average Bonchev–Trinajstić information content (AvgIpc) is 2.73. The van der Waals surface area contributed by atoms with Crippen molar-refractivity contribution in [1.29, 1.82) is 0 Å². The van der Waals surface area contributed by atoms with Crippen molar-refractivity contribution >= 4 is 22.4 Å². The lowest BCUT2D eigenvalue weighted by molar-refractivity contribution is -0.290. The molecule has 0 saturated heterocycles. The van der Waals surface area contributed by atoms with E-state index < -0.39 is 28.8 Å². The summed E-state index contributed by atoms with van der Waals surface area (Å²) in [6.07, 6.45) is 0. The Kier molecular flexibility index (Phi) is 5.32. The molecule has 0 aliphatic rings. The Labute approximate surface area is 184 Å². The molecule has 0 fully saturated rings. The van der Waals surface area contributed by atoms with Crippen molar-refractivity contribution in [3.05, 3.63) is 93.2 Å². The van der Waals surface area contributed by atoms with E-state index in [-0.39, 0.29) is 22.0 Å². The Morgan fingerprint density at radius 1 is 0.812 bits per heavy atom. The number of hydrogen-bond donors (Lipinski definition) is 4. The van der Waals surface area contributed by atoms with E-state index in [4.69, 9.17) is 11.6 Å². The molecule has 0 aliphatic carbocycles. The van der Waals surface area contributed by atoms with Gasteiger partial charge in [0.05, 0.1) is 27.9 Å². The first kappa shape index (κ1) is 22.0. The Hall–Kier alpha value is -3.21. The summed E-state index contributed by atoms with van der Waals surface area (Å²) in [5.74, 6) is 0. The quantitative estimate of drug-likeness (QED) is 0.348. The Morgan fingerprint density at radius 3 is 2.03 bits per heavy atom. The number of benzene rings is 3. The van der Waals surface area contributed by atoms with Crippen LogP contribution in [0.15, 0.2) is 71.5 Å². The molecule has 1 heterocycles. The fourth-order valence-electron chi connectivity index (χ4n) is 3.50. The summed E-state index contributed by atoms with van der Waals surface area (Å²) in [6.45, 7) is 0. The Bertz CT molecular complexity index is 1380. The molecule has 0 unspecified atom stereocenters. The van der Waals surface area contributed by atoms with Crippen molar-refractivity contribution in [2.45, 2.75) is 12.1 Å². The molecule has 164 valence electrons. The molecule has 0 amide bonds.